The Labute approximate surface area is 174 Å². The Morgan fingerprint density at radius 2 is 1.93 bits per heavy atom. The predicted molar refractivity (Wildman–Crippen MR) is 111 cm³/mol. The highest BCUT2D eigenvalue weighted by atomic mass is 35.5. The molecule has 30 heavy (non-hydrogen) atoms. The second kappa shape index (κ2) is 7.16. The van der Waals surface area contributed by atoms with Gasteiger partial charge in [-0.2, -0.15) is 0 Å². The molecule has 0 saturated carbocycles. The average molecular weight is 422 g/mol. The number of nitro groups is 1. The van der Waals surface area contributed by atoms with E-state index in [1.165, 1.54) is 18.3 Å². The van der Waals surface area contributed by atoms with Crippen LogP contribution < -0.4 is 9.47 Å². The zero-order valence-electron chi connectivity index (χ0n) is 15.2. The largest absolute Gasteiger partial charge is 0.454 e. The molecule has 3 aromatic carbocycles. The van der Waals surface area contributed by atoms with Crippen LogP contribution in [0.2, 0.25) is 5.02 Å². The summed E-state index contributed by atoms with van der Waals surface area (Å²) in [6.45, 7) is 0.0326. The molecular formula is C21H12ClN3O5. The first-order chi connectivity index (χ1) is 14.6. The highest BCUT2D eigenvalue weighted by molar-refractivity contribution is 6.30. The van der Waals surface area contributed by atoms with Crippen molar-refractivity contribution in [3.8, 4) is 23.0 Å². The highest BCUT2D eigenvalue weighted by Gasteiger charge is 2.22. The first kappa shape index (κ1) is 18.1. The highest BCUT2D eigenvalue weighted by Crippen LogP contribution is 2.37. The molecule has 0 N–H and O–H groups in total. The molecule has 1 aliphatic rings. The van der Waals surface area contributed by atoms with E-state index < -0.39 is 4.92 Å². The van der Waals surface area contributed by atoms with Crippen LogP contribution in [0.4, 0.5) is 11.4 Å². The van der Waals surface area contributed by atoms with Gasteiger partial charge in [-0.25, -0.2) is 4.98 Å². The number of halogens is 1. The van der Waals surface area contributed by atoms with Gasteiger partial charge in [-0.05, 0) is 42.5 Å². The molecule has 0 fully saturated rings. The van der Waals surface area contributed by atoms with Crippen LogP contribution in [0.3, 0.4) is 0 Å². The van der Waals surface area contributed by atoms with Crippen molar-refractivity contribution in [2.75, 3.05) is 6.79 Å². The van der Waals surface area contributed by atoms with Crippen LogP contribution in [0.25, 0.3) is 22.6 Å². The molecule has 0 atom stereocenters. The molecule has 0 radical (unpaired) electrons. The number of oxazole rings is 1. The van der Waals surface area contributed by atoms with Gasteiger partial charge >= 0.3 is 0 Å². The summed E-state index contributed by atoms with van der Waals surface area (Å²) in [5.74, 6) is 1.23. The lowest BCUT2D eigenvalue weighted by atomic mass is 10.1. The fourth-order valence-electron chi connectivity index (χ4n) is 3.09. The van der Waals surface area contributed by atoms with Gasteiger partial charge in [0, 0.05) is 16.8 Å². The molecule has 1 aromatic heterocycles. The molecule has 2 heterocycles. The van der Waals surface area contributed by atoms with Gasteiger partial charge in [0.05, 0.1) is 22.2 Å². The Kier molecular flexibility index (Phi) is 4.33. The standard InChI is InChI=1S/C21H12ClN3O5/c22-14-3-1-2-12(6-14)21-24-16-8-15(4-5-18(16)30-21)23-10-13-7-19-20(29-11-28-19)9-17(13)25(26)27/h1-10H,11H2. The van der Waals surface area contributed by atoms with Crippen molar-refractivity contribution in [1.82, 2.24) is 4.98 Å². The first-order valence-corrected chi connectivity index (χ1v) is 9.23. The van der Waals surface area contributed by atoms with Crippen LogP contribution in [0.5, 0.6) is 11.5 Å². The van der Waals surface area contributed by atoms with E-state index in [0.29, 0.717) is 44.8 Å². The van der Waals surface area contributed by atoms with E-state index >= 15 is 0 Å². The summed E-state index contributed by atoms with van der Waals surface area (Å²) < 4.78 is 16.3. The molecule has 9 heteroatoms. The number of hydrogen-bond donors (Lipinski definition) is 0. The van der Waals surface area contributed by atoms with Gasteiger partial charge in [0.15, 0.2) is 17.1 Å². The second-order valence-electron chi connectivity index (χ2n) is 6.46. The van der Waals surface area contributed by atoms with E-state index in [1.54, 1.807) is 30.3 Å². The number of aliphatic imine (C=N–C) groups is 1. The Hall–Kier alpha value is -3.91. The average Bonchev–Trinajstić information content (AvgIpc) is 3.37. The summed E-state index contributed by atoms with van der Waals surface area (Å²) >= 11 is 6.04. The molecule has 0 bridgehead atoms. The van der Waals surface area contributed by atoms with Crippen molar-refractivity contribution in [2.45, 2.75) is 0 Å². The SMILES string of the molecule is O=[N+]([O-])c1cc2c(cc1C=Nc1ccc3oc(-c4cccc(Cl)c4)nc3c1)OCO2. The maximum atomic E-state index is 11.4. The number of nitrogens with zero attached hydrogens (tertiary/aromatic N) is 3. The van der Waals surface area contributed by atoms with Crippen LogP contribution in [0.1, 0.15) is 5.56 Å². The van der Waals surface area contributed by atoms with Gasteiger partial charge < -0.3 is 13.9 Å². The van der Waals surface area contributed by atoms with Gasteiger partial charge in [0.2, 0.25) is 12.7 Å². The van der Waals surface area contributed by atoms with E-state index in [2.05, 4.69) is 9.98 Å². The van der Waals surface area contributed by atoms with Crippen LogP contribution in [0, 0.1) is 10.1 Å². The van der Waals surface area contributed by atoms with Crippen LogP contribution >= 0.6 is 11.6 Å². The Morgan fingerprint density at radius 3 is 2.73 bits per heavy atom. The number of hydrogen-bond acceptors (Lipinski definition) is 7. The minimum Gasteiger partial charge on any atom is -0.454 e. The normalized spacial score (nSPS) is 12.7. The lowest BCUT2D eigenvalue weighted by molar-refractivity contribution is -0.385. The number of fused-ring (bicyclic) bond motifs is 2. The maximum absolute atomic E-state index is 11.4. The molecular weight excluding hydrogens is 410 g/mol. The minimum absolute atomic E-state index is 0.0326. The fraction of sp³-hybridized carbons (Fsp3) is 0.0476. The van der Waals surface area contributed by atoms with E-state index in [1.807, 2.05) is 12.1 Å². The summed E-state index contributed by atoms with van der Waals surface area (Å²) in [6, 6.07) is 15.3. The summed E-state index contributed by atoms with van der Waals surface area (Å²) in [5.41, 5.74) is 2.73. The van der Waals surface area contributed by atoms with E-state index in [0.717, 1.165) is 5.56 Å². The van der Waals surface area contributed by atoms with Crippen molar-refractivity contribution < 1.29 is 18.8 Å². The van der Waals surface area contributed by atoms with E-state index in [-0.39, 0.29) is 12.5 Å². The number of benzene rings is 3. The first-order valence-electron chi connectivity index (χ1n) is 8.85. The van der Waals surface area contributed by atoms with Gasteiger partial charge in [-0.15, -0.1) is 0 Å². The number of ether oxygens (including phenoxy) is 2. The number of aromatic nitrogens is 1. The lowest BCUT2D eigenvalue weighted by Gasteiger charge is -2.00. The summed E-state index contributed by atoms with van der Waals surface area (Å²) in [4.78, 5) is 19.8. The zero-order chi connectivity index (χ0) is 20.7. The van der Waals surface area contributed by atoms with Crippen molar-refractivity contribution in [2.24, 2.45) is 4.99 Å². The molecule has 0 unspecified atom stereocenters. The van der Waals surface area contributed by atoms with Crippen molar-refractivity contribution in [3.63, 3.8) is 0 Å². The van der Waals surface area contributed by atoms with E-state index in [9.17, 15) is 10.1 Å². The van der Waals surface area contributed by atoms with Gasteiger partial charge in [-0.3, -0.25) is 15.1 Å². The maximum Gasteiger partial charge on any atom is 0.282 e. The van der Waals surface area contributed by atoms with Crippen LogP contribution in [-0.2, 0) is 0 Å². The topological polar surface area (TPSA) is 100.0 Å². The minimum atomic E-state index is -0.485. The molecule has 8 nitrogen and oxygen atoms in total. The van der Waals surface area contributed by atoms with Gasteiger partial charge in [-0.1, -0.05) is 17.7 Å². The van der Waals surface area contributed by atoms with Crippen LogP contribution in [0.15, 0.2) is 64.0 Å². The quantitative estimate of drug-likeness (QED) is 0.244. The van der Waals surface area contributed by atoms with Gasteiger partial charge in [0.1, 0.15) is 5.52 Å². The molecule has 1 aliphatic heterocycles. The lowest BCUT2D eigenvalue weighted by Crippen LogP contribution is -1.94. The molecule has 0 aliphatic carbocycles. The number of nitro benzene ring substituents is 1. The Balaban J connectivity index is 1.49. The Morgan fingerprint density at radius 1 is 1.10 bits per heavy atom. The predicted octanol–water partition coefficient (Wildman–Crippen LogP) is 5.54. The molecule has 148 valence electrons. The van der Waals surface area contributed by atoms with Crippen molar-refractivity contribution in [1.29, 1.82) is 0 Å². The summed E-state index contributed by atoms with van der Waals surface area (Å²) in [5, 5.41) is 12.0. The monoisotopic (exact) mass is 421 g/mol. The van der Waals surface area contributed by atoms with Gasteiger partial charge in [0.25, 0.3) is 5.69 Å². The third kappa shape index (κ3) is 3.33. The smallest absolute Gasteiger partial charge is 0.282 e. The van der Waals surface area contributed by atoms with Crippen LogP contribution in [-0.4, -0.2) is 22.9 Å². The summed E-state index contributed by atoms with van der Waals surface area (Å²) in [7, 11) is 0. The van der Waals surface area contributed by atoms with Crippen molar-refractivity contribution in [3.05, 3.63) is 75.3 Å². The summed E-state index contributed by atoms with van der Waals surface area (Å²) in [6.07, 6.45) is 1.42. The fourth-order valence-corrected chi connectivity index (χ4v) is 3.28. The third-order valence-electron chi connectivity index (χ3n) is 4.51. The molecule has 5 rings (SSSR count). The zero-order valence-corrected chi connectivity index (χ0v) is 16.0. The number of rotatable bonds is 4. The second-order valence-corrected chi connectivity index (χ2v) is 6.90. The molecule has 0 spiro atoms. The molecule has 0 amide bonds. The third-order valence-corrected chi connectivity index (χ3v) is 4.75. The van der Waals surface area contributed by atoms with Crippen molar-refractivity contribution >= 4 is 40.3 Å². The van der Waals surface area contributed by atoms with E-state index in [4.69, 9.17) is 25.5 Å². The Bertz CT molecular complexity index is 1330. The molecule has 4 aromatic rings. The molecule has 0 saturated heterocycles.